The topological polar surface area (TPSA) is 132 Å². The monoisotopic (exact) mass is 250 g/mol. The van der Waals surface area contributed by atoms with E-state index in [2.05, 4.69) is 0 Å². The molecule has 0 aliphatic heterocycles. The summed E-state index contributed by atoms with van der Waals surface area (Å²) in [6.07, 6.45) is 0. The van der Waals surface area contributed by atoms with E-state index in [9.17, 15) is 0 Å². The minimum Gasteiger partial charge on any atom is -0.356 e. The van der Waals surface area contributed by atoms with E-state index in [0.29, 0.717) is 0 Å². The average molecular weight is 251 g/mol. The second-order valence-corrected chi connectivity index (χ2v) is 0.447. The van der Waals surface area contributed by atoms with Crippen LogP contribution in [-0.2, 0) is 34.1 Å². The maximum atomic E-state index is 8.25. The van der Waals surface area contributed by atoms with Gasteiger partial charge in [0.1, 0.15) is 0 Å². The molecule has 0 bridgehead atoms. The molecular weight excluding hydrogens is 251 g/mol. The Morgan fingerprint density at radius 2 is 0.800 bits per heavy atom. The van der Waals surface area contributed by atoms with Crippen LogP contribution in [0.15, 0.2) is 0 Å². The van der Waals surface area contributed by atoms with Crippen molar-refractivity contribution in [3.63, 3.8) is 0 Å². The summed E-state index contributed by atoms with van der Waals surface area (Å²) >= 11 is 0. The molecule has 10 heavy (non-hydrogen) atoms. The fraction of sp³-hybridized carbons (Fsp3) is 0. The van der Waals surface area contributed by atoms with Gasteiger partial charge in [-0.25, -0.2) is 0 Å². The van der Waals surface area contributed by atoms with Crippen molar-refractivity contribution in [2.24, 2.45) is 0 Å². The van der Waals surface area contributed by atoms with E-state index < -0.39 is 10.2 Å². The summed E-state index contributed by atoms with van der Waals surface area (Å²) in [6.45, 7) is 0. The van der Waals surface area contributed by atoms with Crippen LogP contribution in [0.2, 0.25) is 0 Å². The number of nitrogens with zero attached hydrogens (tertiary/aromatic N) is 2. The van der Waals surface area contributed by atoms with E-state index in [1.807, 2.05) is 0 Å². The van der Waals surface area contributed by atoms with E-state index in [1.54, 1.807) is 0 Å². The molecule has 0 saturated heterocycles. The van der Waals surface area contributed by atoms with Gasteiger partial charge in [-0.1, -0.05) is 0 Å². The van der Waals surface area contributed by atoms with Gasteiger partial charge in [0.05, 0.1) is 10.2 Å². The van der Waals surface area contributed by atoms with Crippen LogP contribution in [0.4, 0.5) is 0 Å². The first kappa shape index (κ1) is 22.7. The van der Waals surface area contributed by atoms with Crippen molar-refractivity contribution in [3.05, 3.63) is 30.6 Å². The van der Waals surface area contributed by atoms with Crippen LogP contribution >= 0.6 is 0 Å². The van der Waals surface area contributed by atoms with Gasteiger partial charge in [0.2, 0.25) is 0 Å². The van der Waals surface area contributed by atoms with Crippen molar-refractivity contribution in [1.29, 1.82) is 0 Å². The molecule has 0 aromatic heterocycles. The third-order valence-corrected chi connectivity index (χ3v) is 0. The molecule has 0 aliphatic carbocycles. The Bertz CT molecular complexity index is 71.7. The van der Waals surface area contributed by atoms with Crippen LogP contribution in [0.5, 0.6) is 0 Å². The Labute approximate surface area is 75.4 Å². The molecule has 0 heterocycles. The van der Waals surface area contributed by atoms with E-state index >= 15 is 0 Å². The van der Waals surface area contributed by atoms with Crippen LogP contribution in [0.3, 0.4) is 0 Å². The van der Waals surface area contributed by atoms with Gasteiger partial charge in [0, 0.05) is 17.1 Å². The predicted octanol–water partition coefficient (Wildman–Crippen LogP) is -0.483. The molecule has 0 aromatic carbocycles. The Balaban J connectivity index is -0.0000000300. The first-order valence-electron chi connectivity index (χ1n) is 1.10. The zero-order valence-electron chi connectivity index (χ0n) is 3.95. The molecular formula is Cu2N2O6. The zero-order valence-corrected chi connectivity index (χ0v) is 5.83. The fourth-order valence-electron chi connectivity index (χ4n) is 0. The van der Waals surface area contributed by atoms with Gasteiger partial charge in [0.25, 0.3) is 0 Å². The van der Waals surface area contributed by atoms with Crippen LogP contribution in [0.1, 0.15) is 0 Å². The SMILES string of the molecule is O=[N+]([O-])[O-].O=[N+]([O-])[O-].[Cu+2].[Cu]. The molecule has 10 heteroatoms. The maximum absolute atomic E-state index is 8.25. The van der Waals surface area contributed by atoms with Gasteiger partial charge in [-0.2, -0.15) is 0 Å². The summed E-state index contributed by atoms with van der Waals surface area (Å²) in [5.74, 6) is 0. The Kier molecular flexibility index (Phi) is 35.9. The van der Waals surface area contributed by atoms with Gasteiger partial charge in [-0.15, -0.1) is 0 Å². The van der Waals surface area contributed by atoms with E-state index in [0.717, 1.165) is 0 Å². The molecule has 0 fully saturated rings. The van der Waals surface area contributed by atoms with Crippen LogP contribution in [0.25, 0.3) is 0 Å². The minimum atomic E-state index is -1.75. The minimum absolute atomic E-state index is 0. The van der Waals surface area contributed by atoms with Crippen LogP contribution in [0, 0.1) is 30.6 Å². The predicted molar refractivity (Wildman–Crippen MR) is 20.7 cm³/mol. The van der Waals surface area contributed by atoms with Gasteiger partial charge < -0.3 is 30.6 Å². The summed E-state index contributed by atoms with van der Waals surface area (Å²) in [5.41, 5.74) is 0. The molecule has 0 aliphatic rings. The molecule has 68 valence electrons. The maximum Gasteiger partial charge on any atom is 2.00 e. The van der Waals surface area contributed by atoms with Gasteiger partial charge in [-0.05, 0) is 0 Å². The normalized spacial score (nSPS) is 4.80. The molecule has 0 amide bonds. The molecule has 0 rings (SSSR count). The Morgan fingerprint density at radius 3 is 0.800 bits per heavy atom. The summed E-state index contributed by atoms with van der Waals surface area (Å²) in [7, 11) is 0. The molecule has 2 radical (unpaired) electrons. The second kappa shape index (κ2) is 15.8. The third kappa shape index (κ3) is 980. The fourth-order valence-corrected chi connectivity index (χ4v) is 0. The van der Waals surface area contributed by atoms with Gasteiger partial charge in [0.15, 0.2) is 0 Å². The van der Waals surface area contributed by atoms with Crippen LogP contribution < -0.4 is 0 Å². The zero-order chi connectivity index (χ0) is 7.15. The van der Waals surface area contributed by atoms with E-state index in [4.69, 9.17) is 30.6 Å². The van der Waals surface area contributed by atoms with E-state index in [-0.39, 0.29) is 34.1 Å². The molecule has 0 saturated carbocycles. The molecule has 0 spiro atoms. The average Bonchev–Trinajstić information content (AvgIpc) is 1.25. The Hall–Kier alpha value is -0.561. The largest absolute Gasteiger partial charge is 2.00 e. The first-order valence-corrected chi connectivity index (χ1v) is 1.10. The molecule has 0 unspecified atom stereocenters. The quantitative estimate of drug-likeness (QED) is 0.324. The third-order valence-electron chi connectivity index (χ3n) is 0. The number of rotatable bonds is 0. The summed E-state index contributed by atoms with van der Waals surface area (Å²) in [5, 5.41) is 29.5. The van der Waals surface area contributed by atoms with Gasteiger partial charge in [-0.3, -0.25) is 0 Å². The number of hydrogen-bond acceptors (Lipinski definition) is 6. The first-order chi connectivity index (χ1) is 3.46. The number of hydrogen-bond donors (Lipinski definition) is 0. The van der Waals surface area contributed by atoms with E-state index in [1.165, 1.54) is 0 Å². The smallest absolute Gasteiger partial charge is 0.356 e. The van der Waals surface area contributed by atoms with Crippen LogP contribution in [-0.4, -0.2) is 10.2 Å². The Morgan fingerprint density at radius 1 is 0.800 bits per heavy atom. The second-order valence-electron chi connectivity index (χ2n) is 0.447. The summed E-state index contributed by atoms with van der Waals surface area (Å²) < 4.78 is 0. The molecule has 0 atom stereocenters. The molecule has 0 N–H and O–H groups in total. The summed E-state index contributed by atoms with van der Waals surface area (Å²) in [6, 6.07) is 0. The molecule has 0 aromatic rings. The van der Waals surface area contributed by atoms with Crippen molar-refractivity contribution in [1.82, 2.24) is 0 Å². The van der Waals surface area contributed by atoms with Crippen molar-refractivity contribution in [3.8, 4) is 0 Å². The summed E-state index contributed by atoms with van der Waals surface area (Å²) in [4.78, 5) is 16.5. The standard InChI is InChI=1S/2Cu.2NO3/c;;2*2-1(3)4/q;+2;2*-1. The van der Waals surface area contributed by atoms with Crippen molar-refractivity contribution < 1.29 is 44.3 Å². The van der Waals surface area contributed by atoms with Crippen molar-refractivity contribution in [2.75, 3.05) is 0 Å². The van der Waals surface area contributed by atoms with Gasteiger partial charge >= 0.3 is 17.1 Å². The molecule has 8 nitrogen and oxygen atoms in total. The van der Waals surface area contributed by atoms with Crippen molar-refractivity contribution in [2.45, 2.75) is 0 Å². The van der Waals surface area contributed by atoms with Crippen molar-refractivity contribution >= 4 is 0 Å².